The normalized spacial score (nSPS) is 22.6. The zero-order chi connectivity index (χ0) is 13.2. The van der Waals surface area contributed by atoms with Gasteiger partial charge in [0.1, 0.15) is 10.6 Å². The minimum atomic E-state index is -0.223. The molecule has 0 amide bonds. The van der Waals surface area contributed by atoms with Crippen LogP contribution >= 0.6 is 11.3 Å². The van der Waals surface area contributed by atoms with Gasteiger partial charge in [0.25, 0.3) is 0 Å². The molecule has 102 valence electrons. The van der Waals surface area contributed by atoms with Gasteiger partial charge in [-0.05, 0) is 39.2 Å². The predicted molar refractivity (Wildman–Crippen MR) is 76.1 cm³/mol. The summed E-state index contributed by atoms with van der Waals surface area (Å²) in [4.78, 5) is 6.35. The molecule has 18 heavy (non-hydrogen) atoms. The molecule has 1 N–H and O–H groups in total. The van der Waals surface area contributed by atoms with Crippen LogP contribution in [-0.4, -0.2) is 18.6 Å². The SMILES string of the molecule is CCNC1CCCc2sc(C(C)(CC)OC)nc21. The van der Waals surface area contributed by atoms with Crippen molar-refractivity contribution in [2.24, 2.45) is 0 Å². The van der Waals surface area contributed by atoms with E-state index in [9.17, 15) is 0 Å². The molecule has 0 aliphatic heterocycles. The highest BCUT2D eigenvalue weighted by atomic mass is 32.1. The zero-order valence-corrected chi connectivity index (χ0v) is 12.7. The average Bonchev–Trinajstić information content (AvgIpc) is 2.84. The Balaban J connectivity index is 2.32. The summed E-state index contributed by atoms with van der Waals surface area (Å²) < 4.78 is 5.67. The van der Waals surface area contributed by atoms with Gasteiger partial charge in [-0.2, -0.15) is 0 Å². The third-order valence-electron chi connectivity index (χ3n) is 3.98. The molecule has 0 saturated heterocycles. The average molecular weight is 268 g/mol. The number of methoxy groups -OCH3 is 1. The predicted octanol–water partition coefficient (Wildman–Crippen LogP) is 3.40. The minimum Gasteiger partial charge on any atom is -0.371 e. The first-order valence-electron chi connectivity index (χ1n) is 6.93. The van der Waals surface area contributed by atoms with E-state index < -0.39 is 0 Å². The van der Waals surface area contributed by atoms with Gasteiger partial charge >= 0.3 is 0 Å². The van der Waals surface area contributed by atoms with Crippen molar-refractivity contribution >= 4 is 11.3 Å². The second-order valence-electron chi connectivity index (χ2n) is 5.12. The maximum Gasteiger partial charge on any atom is 0.125 e. The van der Waals surface area contributed by atoms with Crippen LogP contribution < -0.4 is 5.32 Å². The summed E-state index contributed by atoms with van der Waals surface area (Å²) in [7, 11) is 1.78. The lowest BCUT2D eigenvalue weighted by Gasteiger charge is -2.24. The molecule has 1 aromatic rings. The van der Waals surface area contributed by atoms with Crippen LogP contribution in [0.1, 0.15) is 61.7 Å². The summed E-state index contributed by atoms with van der Waals surface area (Å²) in [5.41, 5.74) is 1.05. The lowest BCUT2D eigenvalue weighted by Crippen LogP contribution is -2.26. The Bertz CT molecular complexity index is 398. The summed E-state index contributed by atoms with van der Waals surface area (Å²) >= 11 is 1.84. The fourth-order valence-corrected chi connectivity index (χ4v) is 3.83. The largest absolute Gasteiger partial charge is 0.371 e. The molecule has 1 aliphatic rings. The van der Waals surface area contributed by atoms with Gasteiger partial charge in [-0.25, -0.2) is 4.98 Å². The first-order valence-corrected chi connectivity index (χ1v) is 7.74. The van der Waals surface area contributed by atoms with Crippen molar-refractivity contribution in [1.82, 2.24) is 10.3 Å². The van der Waals surface area contributed by atoms with E-state index in [2.05, 4.69) is 26.1 Å². The van der Waals surface area contributed by atoms with E-state index in [1.165, 1.54) is 29.8 Å². The highest BCUT2D eigenvalue weighted by Gasteiger charge is 2.32. The Morgan fingerprint density at radius 1 is 1.50 bits per heavy atom. The van der Waals surface area contributed by atoms with Crippen molar-refractivity contribution in [2.45, 2.75) is 58.1 Å². The third-order valence-corrected chi connectivity index (χ3v) is 5.36. The fraction of sp³-hybridized carbons (Fsp3) is 0.786. The lowest BCUT2D eigenvalue weighted by molar-refractivity contribution is -0.00172. The molecule has 2 rings (SSSR count). The van der Waals surface area contributed by atoms with Crippen molar-refractivity contribution in [3.05, 3.63) is 15.6 Å². The number of fused-ring (bicyclic) bond motifs is 1. The molecular formula is C14H24N2OS. The van der Waals surface area contributed by atoms with E-state index in [0.29, 0.717) is 6.04 Å². The van der Waals surface area contributed by atoms with Crippen molar-refractivity contribution in [1.29, 1.82) is 0 Å². The van der Waals surface area contributed by atoms with Gasteiger partial charge in [-0.15, -0.1) is 11.3 Å². The summed E-state index contributed by atoms with van der Waals surface area (Å²) in [5, 5.41) is 4.69. The smallest absolute Gasteiger partial charge is 0.125 e. The van der Waals surface area contributed by atoms with Crippen LogP contribution in [0.25, 0.3) is 0 Å². The molecule has 0 fully saturated rings. The van der Waals surface area contributed by atoms with Crippen LogP contribution in [0.4, 0.5) is 0 Å². The van der Waals surface area contributed by atoms with Gasteiger partial charge in [-0.3, -0.25) is 0 Å². The fourth-order valence-electron chi connectivity index (χ4n) is 2.47. The summed E-state index contributed by atoms with van der Waals surface area (Å²) in [6, 6.07) is 0.446. The van der Waals surface area contributed by atoms with Crippen molar-refractivity contribution in [2.75, 3.05) is 13.7 Å². The molecule has 4 heteroatoms. The molecule has 0 bridgehead atoms. The summed E-state index contributed by atoms with van der Waals surface area (Å²) in [6.07, 6.45) is 4.61. The van der Waals surface area contributed by atoms with Gasteiger partial charge < -0.3 is 10.1 Å². The minimum absolute atomic E-state index is 0.223. The molecule has 0 aromatic carbocycles. The Kier molecular flexibility index (Phi) is 4.41. The molecule has 2 unspecified atom stereocenters. The molecule has 0 radical (unpaired) electrons. The number of nitrogens with zero attached hydrogens (tertiary/aromatic N) is 1. The second kappa shape index (κ2) is 5.68. The van der Waals surface area contributed by atoms with Gasteiger partial charge in [0.05, 0.1) is 11.7 Å². The number of rotatable bonds is 5. The van der Waals surface area contributed by atoms with Gasteiger partial charge in [0.15, 0.2) is 0 Å². The molecule has 1 aliphatic carbocycles. The molecule has 1 aromatic heterocycles. The Morgan fingerprint density at radius 3 is 2.89 bits per heavy atom. The first kappa shape index (κ1) is 14.0. The number of aromatic nitrogens is 1. The highest BCUT2D eigenvalue weighted by molar-refractivity contribution is 7.11. The molecular weight excluding hydrogens is 244 g/mol. The standard InChI is InChI=1S/C14H24N2OS/c1-5-14(3,17-4)13-16-12-10(15-6-2)8-7-9-11(12)18-13/h10,15H,5-9H2,1-4H3. The van der Waals surface area contributed by atoms with Crippen molar-refractivity contribution in [3.8, 4) is 0 Å². The molecule has 3 nitrogen and oxygen atoms in total. The van der Waals surface area contributed by atoms with Crippen LogP contribution in [0, 0.1) is 0 Å². The van der Waals surface area contributed by atoms with E-state index in [-0.39, 0.29) is 5.60 Å². The number of ether oxygens (including phenoxy) is 1. The van der Waals surface area contributed by atoms with Crippen LogP contribution in [0.3, 0.4) is 0 Å². The van der Waals surface area contributed by atoms with Crippen LogP contribution in [-0.2, 0) is 16.8 Å². The zero-order valence-electron chi connectivity index (χ0n) is 11.9. The van der Waals surface area contributed by atoms with Gasteiger partial charge in [0, 0.05) is 12.0 Å². The number of hydrogen-bond acceptors (Lipinski definition) is 4. The summed E-state index contributed by atoms with van der Waals surface area (Å²) in [5.74, 6) is 0. The second-order valence-corrected chi connectivity index (χ2v) is 6.20. The lowest BCUT2D eigenvalue weighted by atomic mass is 9.97. The first-order chi connectivity index (χ1) is 8.64. The third kappa shape index (κ3) is 2.46. The monoisotopic (exact) mass is 268 g/mol. The van der Waals surface area contributed by atoms with E-state index >= 15 is 0 Å². The Labute approximate surface area is 114 Å². The highest BCUT2D eigenvalue weighted by Crippen LogP contribution is 2.39. The quantitative estimate of drug-likeness (QED) is 0.888. The number of aryl methyl sites for hydroxylation is 1. The topological polar surface area (TPSA) is 34.1 Å². The Hall–Kier alpha value is -0.450. The van der Waals surface area contributed by atoms with E-state index in [1.54, 1.807) is 7.11 Å². The number of hydrogen-bond donors (Lipinski definition) is 1. The van der Waals surface area contributed by atoms with Gasteiger partial charge in [0.2, 0.25) is 0 Å². The molecule has 2 atom stereocenters. The van der Waals surface area contributed by atoms with Gasteiger partial charge in [-0.1, -0.05) is 13.8 Å². The van der Waals surface area contributed by atoms with Crippen LogP contribution in [0.15, 0.2) is 0 Å². The Morgan fingerprint density at radius 2 is 2.28 bits per heavy atom. The van der Waals surface area contributed by atoms with E-state index in [4.69, 9.17) is 9.72 Å². The van der Waals surface area contributed by atoms with Crippen molar-refractivity contribution in [3.63, 3.8) is 0 Å². The van der Waals surface area contributed by atoms with E-state index in [1.807, 2.05) is 11.3 Å². The number of thiazole rings is 1. The molecule has 0 saturated carbocycles. The van der Waals surface area contributed by atoms with Crippen LogP contribution in [0.5, 0.6) is 0 Å². The molecule has 1 heterocycles. The molecule has 0 spiro atoms. The van der Waals surface area contributed by atoms with E-state index in [0.717, 1.165) is 18.0 Å². The number of nitrogens with one attached hydrogen (secondary N) is 1. The summed E-state index contributed by atoms with van der Waals surface area (Å²) in [6.45, 7) is 7.46. The van der Waals surface area contributed by atoms with Crippen LogP contribution in [0.2, 0.25) is 0 Å². The maximum atomic E-state index is 5.67. The maximum absolute atomic E-state index is 5.67. The van der Waals surface area contributed by atoms with Crippen molar-refractivity contribution < 1.29 is 4.74 Å².